The summed E-state index contributed by atoms with van der Waals surface area (Å²) in [6.45, 7) is 3.21. The second-order valence-corrected chi connectivity index (χ2v) is 7.47. The van der Waals surface area contributed by atoms with E-state index in [-0.39, 0.29) is 5.91 Å². The topological polar surface area (TPSA) is 58.4 Å². The zero-order valence-corrected chi connectivity index (χ0v) is 16.0. The first-order valence-electron chi connectivity index (χ1n) is 9.56. The van der Waals surface area contributed by atoms with Crippen LogP contribution in [0.3, 0.4) is 0 Å². The van der Waals surface area contributed by atoms with Gasteiger partial charge in [-0.1, -0.05) is 78.9 Å². The van der Waals surface area contributed by atoms with Gasteiger partial charge in [-0.3, -0.25) is 4.79 Å². The van der Waals surface area contributed by atoms with E-state index >= 15 is 0 Å². The average molecular weight is 371 g/mol. The molecule has 1 heterocycles. The van der Waals surface area contributed by atoms with E-state index in [4.69, 9.17) is 5.73 Å². The largest absolute Gasteiger partial charge is 0.368 e. The number of rotatable bonds is 6. The number of para-hydroxylation sites is 1. The van der Waals surface area contributed by atoms with E-state index in [9.17, 15) is 4.79 Å². The lowest BCUT2D eigenvalue weighted by atomic mass is 9.76. The van der Waals surface area contributed by atoms with Gasteiger partial charge in [0.15, 0.2) is 0 Å². The van der Waals surface area contributed by atoms with E-state index in [1.54, 1.807) is 0 Å². The van der Waals surface area contributed by atoms with Gasteiger partial charge in [0, 0.05) is 18.8 Å². The van der Waals surface area contributed by atoms with Crippen LogP contribution in [0.5, 0.6) is 0 Å². The number of carbonyl (C=O) groups excluding carboxylic acids is 1. The molecule has 0 unspecified atom stereocenters. The van der Waals surface area contributed by atoms with Gasteiger partial charge in [-0.2, -0.15) is 0 Å². The van der Waals surface area contributed by atoms with E-state index in [1.807, 2.05) is 66.7 Å². The number of primary amides is 1. The van der Waals surface area contributed by atoms with Gasteiger partial charge < -0.3 is 16.0 Å². The summed E-state index contributed by atoms with van der Waals surface area (Å²) < 4.78 is 0. The van der Waals surface area contributed by atoms with Crippen LogP contribution in [-0.2, 0) is 10.3 Å². The second-order valence-electron chi connectivity index (χ2n) is 7.47. The number of anilines is 1. The lowest BCUT2D eigenvalue weighted by Gasteiger charge is -2.57. The van der Waals surface area contributed by atoms with Crippen molar-refractivity contribution in [3.05, 3.63) is 102 Å². The highest BCUT2D eigenvalue weighted by Crippen LogP contribution is 2.44. The lowest BCUT2D eigenvalue weighted by Crippen LogP contribution is -2.78. The van der Waals surface area contributed by atoms with Gasteiger partial charge in [0.25, 0.3) is 0 Å². The van der Waals surface area contributed by atoms with E-state index in [2.05, 4.69) is 41.4 Å². The van der Waals surface area contributed by atoms with Crippen molar-refractivity contribution in [3.8, 4) is 0 Å². The van der Waals surface area contributed by atoms with Crippen LogP contribution in [0.25, 0.3) is 0 Å². The summed E-state index contributed by atoms with van der Waals surface area (Å²) in [5.41, 5.74) is 7.81. The van der Waals surface area contributed by atoms with Crippen LogP contribution in [0.2, 0.25) is 0 Å². The molecule has 3 aromatic carbocycles. The molecule has 0 spiro atoms. The zero-order chi connectivity index (χ0) is 19.6. The minimum absolute atomic E-state index is 0.312. The van der Waals surface area contributed by atoms with Crippen molar-refractivity contribution in [1.82, 2.24) is 5.32 Å². The lowest BCUT2D eigenvalue weighted by molar-refractivity contribution is -0.125. The molecular formula is C24H25N3O. The summed E-state index contributed by atoms with van der Waals surface area (Å²) in [5.74, 6) is -0.312. The number of nitrogens with zero attached hydrogens (tertiary/aromatic N) is 1. The quantitative estimate of drug-likeness (QED) is 0.699. The van der Waals surface area contributed by atoms with E-state index in [1.165, 1.54) is 0 Å². The maximum atomic E-state index is 12.8. The van der Waals surface area contributed by atoms with E-state index in [0.29, 0.717) is 13.1 Å². The zero-order valence-electron chi connectivity index (χ0n) is 16.0. The average Bonchev–Trinajstić information content (AvgIpc) is 2.71. The molecule has 1 amide bonds. The number of benzene rings is 3. The minimum atomic E-state index is -0.804. The molecular weight excluding hydrogens is 346 g/mol. The van der Waals surface area contributed by atoms with Crippen molar-refractivity contribution in [3.63, 3.8) is 0 Å². The fourth-order valence-corrected chi connectivity index (χ4v) is 4.27. The van der Waals surface area contributed by atoms with Crippen molar-refractivity contribution in [2.75, 3.05) is 18.0 Å². The fourth-order valence-electron chi connectivity index (χ4n) is 4.27. The first-order chi connectivity index (χ1) is 13.6. The molecule has 1 saturated heterocycles. The van der Waals surface area contributed by atoms with Crippen LogP contribution in [0, 0.1) is 0 Å². The summed E-state index contributed by atoms with van der Waals surface area (Å²) in [6.07, 6.45) is 0. The number of hydrogen-bond acceptors (Lipinski definition) is 3. The Kier molecular flexibility index (Phi) is 4.65. The molecule has 4 nitrogen and oxygen atoms in total. The molecule has 28 heavy (non-hydrogen) atoms. The van der Waals surface area contributed by atoms with Gasteiger partial charge in [0.1, 0.15) is 5.54 Å². The molecule has 0 atom stereocenters. The Morgan fingerprint density at radius 2 is 1.29 bits per heavy atom. The maximum Gasteiger partial charge on any atom is 0.246 e. The van der Waals surface area contributed by atoms with Gasteiger partial charge in [0.05, 0.1) is 5.54 Å². The molecule has 1 aliphatic rings. The fraction of sp³-hybridized carbons (Fsp3) is 0.208. The molecule has 0 bridgehead atoms. The molecule has 1 aliphatic heterocycles. The van der Waals surface area contributed by atoms with Crippen molar-refractivity contribution in [2.45, 2.75) is 18.0 Å². The summed E-state index contributed by atoms with van der Waals surface area (Å²) in [4.78, 5) is 15.0. The monoisotopic (exact) mass is 371 g/mol. The predicted molar refractivity (Wildman–Crippen MR) is 113 cm³/mol. The third kappa shape index (κ3) is 2.77. The molecule has 0 radical (unpaired) electrons. The van der Waals surface area contributed by atoms with Crippen molar-refractivity contribution < 1.29 is 4.79 Å². The number of nitrogens with one attached hydrogen (secondary N) is 1. The van der Waals surface area contributed by atoms with Gasteiger partial charge in [-0.05, 0) is 30.2 Å². The van der Waals surface area contributed by atoms with Crippen LogP contribution in [0.4, 0.5) is 5.69 Å². The summed E-state index contributed by atoms with van der Waals surface area (Å²) in [7, 11) is 0. The van der Waals surface area contributed by atoms with Crippen molar-refractivity contribution in [2.24, 2.45) is 5.73 Å². The molecule has 4 rings (SSSR count). The van der Waals surface area contributed by atoms with Crippen molar-refractivity contribution >= 4 is 11.6 Å². The third-order valence-electron chi connectivity index (χ3n) is 5.85. The van der Waals surface area contributed by atoms with Crippen LogP contribution in [-0.4, -0.2) is 24.5 Å². The number of amides is 1. The van der Waals surface area contributed by atoms with Crippen LogP contribution >= 0.6 is 0 Å². The molecule has 4 heteroatoms. The molecule has 1 fully saturated rings. The number of carbonyl (C=O) groups is 1. The first kappa shape index (κ1) is 18.3. The second kappa shape index (κ2) is 7.13. The van der Waals surface area contributed by atoms with E-state index in [0.717, 1.165) is 16.8 Å². The third-order valence-corrected chi connectivity index (χ3v) is 5.85. The van der Waals surface area contributed by atoms with Gasteiger partial charge in [-0.15, -0.1) is 0 Å². The molecule has 142 valence electrons. The Bertz CT molecular complexity index is 898. The van der Waals surface area contributed by atoms with Crippen LogP contribution in [0.1, 0.15) is 18.1 Å². The molecule has 0 aromatic heterocycles. The normalized spacial score (nSPS) is 15.5. The predicted octanol–water partition coefficient (Wildman–Crippen LogP) is 3.28. The van der Waals surface area contributed by atoms with Crippen molar-refractivity contribution in [1.29, 1.82) is 0 Å². The first-order valence-corrected chi connectivity index (χ1v) is 9.56. The van der Waals surface area contributed by atoms with Gasteiger partial charge >= 0.3 is 0 Å². The SMILES string of the molecule is CC(c1ccccc1)(c1ccccc1)N(c1ccccc1)C1(C(N)=O)CNC1. The molecule has 0 saturated carbocycles. The smallest absolute Gasteiger partial charge is 0.246 e. The highest BCUT2D eigenvalue weighted by Gasteiger charge is 2.55. The van der Waals surface area contributed by atoms with E-state index < -0.39 is 11.1 Å². The Morgan fingerprint density at radius 3 is 1.64 bits per heavy atom. The van der Waals surface area contributed by atoms with Crippen LogP contribution < -0.4 is 16.0 Å². The van der Waals surface area contributed by atoms with Gasteiger partial charge in [0.2, 0.25) is 5.91 Å². The summed E-state index contributed by atoms with van der Waals surface area (Å²) in [6, 6.07) is 30.7. The summed E-state index contributed by atoms with van der Waals surface area (Å²) in [5, 5.41) is 3.27. The van der Waals surface area contributed by atoms with Gasteiger partial charge in [-0.25, -0.2) is 0 Å². The Labute approximate surface area is 166 Å². The highest BCUT2D eigenvalue weighted by atomic mass is 16.2. The number of nitrogens with two attached hydrogens (primary N) is 1. The maximum absolute atomic E-state index is 12.8. The molecule has 3 aromatic rings. The molecule has 0 aliphatic carbocycles. The van der Waals surface area contributed by atoms with Crippen LogP contribution in [0.15, 0.2) is 91.0 Å². The Hall–Kier alpha value is -3.11. The Balaban J connectivity index is 2.01. The minimum Gasteiger partial charge on any atom is -0.368 e. The standard InChI is InChI=1S/C24H25N3O/c1-23(19-11-5-2-6-12-19,20-13-7-3-8-14-20)27(21-15-9-4-10-16-21)24(22(25)28)17-26-18-24/h2-16,26H,17-18H2,1H3,(H2,25,28). The Morgan fingerprint density at radius 1 is 0.857 bits per heavy atom. The number of hydrogen-bond donors (Lipinski definition) is 2. The summed E-state index contributed by atoms with van der Waals surface area (Å²) >= 11 is 0. The highest BCUT2D eigenvalue weighted by molar-refractivity contribution is 5.91. The molecule has 3 N–H and O–H groups in total.